The van der Waals surface area contributed by atoms with Gasteiger partial charge in [0.25, 0.3) is 0 Å². The Labute approximate surface area is 89.3 Å². The molecule has 0 saturated heterocycles. The van der Waals surface area contributed by atoms with Gasteiger partial charge in [-0.05, 0) is 12.1 Å². The van der Waals surface area contributed by atoms with Crippen LogP contribution in [0.1, 0.15) is 0 Å². The van der Waals surface area contributed by atoms with Crippen LogP contribution in [0, 0.1) is 5.82 Å². The number of halogens is 2. The van der Waals surface area contributed by atoms with E-state index in [9.17, 15) is 4.39 Å². The molecule has 3 nitrogen and oxygen atoms in total. The molecule has 1 aromatic carbocycles. The van der Waals surface area contributed by atoms with Gasteiger partial charge in [-0.1, -0.05) is 15.9 Å². The zero-order valence-electron chi connectivity index (χ0n) is 7.28. The molecule has 14 heavy (non-hydrogen) atoms. The highest BCUT2D eigenvalue weighted by Crippen LogP contribution is 2.20. The van der Waals surface area contributed by atoms with E-state index in [4.69, 9.17) is 14.9 Å². The molecule has 1 atom stereocenters. The third kappa shape index (κ3) is 3.61. The van der Waals surface area contributed by atoms with E-state index in [0.717, 1.165) is 0 Å². The molecule has 2 N–H and O–H groups in total. The van der Waals surface area contributed by atoms with Gasteiger partial charge in [0, 0.05) is 10.5 Å². The summed E-state index contributed by atoms with van der Waals surface area (Å²) >= 11 is 3.11. The van der Waals surface area contributed by atoms with Gasteiger partial charge < -0.3 is 14.9 Å². The Morgan fingerprint density at radius 1 is 1.43 bits per heavy atom. The molecule has 0 heterocycles. The van der Waals surface area contributed by atoms with Crippen molar-refractivity contribution in [3.63, 3.8) is 0 Å². The smallest absolute Gasteiger partial charge is 0.128 e. The van der Waals surface area contributed by atoms with Crippen molar-refractivity contribution in [1.29, 1.82) is 0 Å². The van der Waals surface area contributed by atoms with Crippen LogP contribution >= 0.6 is 15.9 Å². The highest BCUT2D eigenvalue weighted by Gasteiger charge is 2.04. The van der Waals surface area contributed by atoms with Crippen LogP contribution in [-0.2, 0) is 0 Å². The fourth-order valence-electron chi connectivity index (χ4n) is 0.857. The first-order valence-corrected chi connectivity index (χ1v) is 4.79. The van der Waals surface area contributed by atoms with Crippen molar-refractivity contribution in [1.82, 2.24) is 0 Å². The largest absolute Gasteiger partial charge is 0.491 e. The van der Waals surface area contributed by atoms with Gasteiger partial charge in [0.15, 0.2) is 0 Å². The van der Waals surface area contributed by atoms with Crippen molar-refractivity contribution in [2.75, 3.05) is 13.2 Å². The van der Waals surface area contributed by atoms with Crippen LogP contribution in [0.5, 0.6) is 5.75 Å². The molecule has 0 saturated carbocycles. The van der Waals surface area contributed by atoms with Crippen molar-refractivity contribution >= 4 is 15.9 Å². The number of hydrogen-bond acceptors (Lipinski definition) is 3. The second-order valence-corrected chi connectivity index (χ2v) is 3.67. The van der Waals surface area contributed by atoms with E-state index in [1.165, 1.54) is 12.1 Å². The minimum atomic E-state index is -0.947. The van der Waals surface area contributed by atoms with E-state index in [-0.39, 0.29) is 13.2 Å². The minimum Gasteiger partial charge on any atom is -0.491 e. The molecule has 0 aromatic heterocycles. The van der Waals surface area contributed by atoms with E-state index in [0.29, 0.717) is 10.2 Å². The summed E-state index contributed by atoms with van der Waals surface area (Å²) in [6, 6.07) is 4.08. The van der Waals surface area contributed by atoms with Crippen LogP contribution in [0.2, 0.25) is 0 Å². The van der Waals surface area contributed by atoms with Gasteiger partial charge in [0.1, 0.15) is 24.3 Å². The molecular weight excluding hydrogens is 255 g/mol. The van der Waals surface area contributed by atoms with E-state index < -0.39 is 11.9 Å². The monoisotopic (exact) mass is 264 g/mol. The van der Waals surface area contributed by atoms with Crippen molar-refractivity contribution in [3.8, 4) is 5.75 Å². The minimum absolute atomic E-state index is 0.0631. The summed E-state index contributed by atoms with van der Waals surface area (Å²) in [6.45, 7) is -0.442. The topological polar surface area (TPSA) is 49.7 Å². The SMILES string of the molecule is OCC(O)COc1cc(F)cc(Br)c1. The molecule has 1 rings (SSSR count). The third-order valence-electron chi connectivity index (χ3n) is 1.49. The molecule has 0 aliphatic rings. The lowest BCUT2D eigenvalue weighted by atomic mass is 10.3. The first-order valence-electron chi connectivity index (χ1n) is 3.99. The lowest BCUT2D eigenvalue weighted by molar-refractivity contribution is 0.0535. The molecule has 78 valence electrons. The second-order valence-electron chi connectivity index (χ2n) is 2.75. The summed E-state index contributed by atoms with van der Waals surface area (Å²) < 4.78 is 18.4. The Bertz CT molecular complexity index is 286. The maximum Gasteiger partial charge on any atom is 0.128 e. The summed E-state index contributed by atoms with van der Waals surface area (Å²) in [6.07, 6.45) is -0.947. The molecular formula is C9H10BrFO3. The van der Waals surface area contributed by atoms with Crippen molar-refractivity contribution in [2.45, 2.75) is 6.10 Å². The van der Waals surface area contributed by atoms with Gasteiger partial charge >= 0.3 is 0 Å². The summed E-state index contributed by atoms with van der Waals surface area (Å²) in [5.41, 5.74) is 0. The van der Waals surface area contributed by atoms with Gasteiger partial charge in [-0.3, -0.25) is 0 Å². The fraction of sp³-hybridized carbons (Fsp3) is 0.333. The second kappa shape index (κ2) is 5.29. The molecule has 0 bridgehead atoms. The Balaban J connectivity index is 2.58. The molecule has 0 aliphatic heterocycles. The zero-order chi connectivity index (χ0) is 10.6. The summed E-state index contributed by atoms with van der Waals surface area (Å²) in [5.74, 6) is -0.114. The molecule has 1 unspecified atom stereocenters. The molecule has 0 radical (unpaired) electrons. The number of ether oxygens (including phenoxy) is 1. The molecule has 0 aliphatic carbocycles. The van der Waals surface area contributed by atoms with Crippen LogP contribution in [0.4, 0.5) is 4.39 Å². The number of aliphatic hydroxyl groups is 2. The molecule has 0 spiro atoms. The van der Waals surface area contributed by atoms with Gasteiger partial charge in [-0.15, -0.1) is 0 Å². The normalized spacial score (nSPS) is 12.6. The first kappa shape index (κ1) is 11.4. The van der Waals surface area contributed by atoms with Crippen LogP contribution in [0.3, 0.4) is 0 Å². The lowest BCUT2D eigenvalue weighted by Gasteiger charge is -2.09. The maximum atomic E-state index is 12.8. The average Bonchev–Trinajstić information content (AvgIpc) is 2.12. The number of aliphatic hydroxyl groups excluding tert-OH is 2. The van der Waals surface area contributed by atoms with Gasteiger partial charge in [-0.2, -0.15) is 0 Å². The van der Waals surface area contributed by atoms with Crippen molar-refractivity contribution in [3.05, 3.63) is 28.5 Å². The highest BCUT2D eigenvalue weighted by atomic mass is 79.9. The number of hydrogen-bond donors (Lipinski definition) is 2. The highest BCUT2D eigenvalue weighted by molar-refractivity contribution is 9.10. The molecule has 0 amide bonds. The van der Waals surface area contributed by atoms with E-state index >= 15 is 0 Å². The predicted molar refractivity (Wildman–Crippen MR) is 52.7 cm³/mol. The number of rotatable bonds is 4. The Morgan fingerprint density at radius 2 is 2.14 bits per heavy atom. The van der Waals surface area contributed by atoms with Crippen LogP contribution in [-0.4, -0.2) is 29.5 Å². The fourth-order valence-corrected chi connectivity index (χ4v) is 1.30. The standard InChI is InChI=1S/C9H10BrFO3/c10-6-1-7(11)3-9(2-6)14-5-8(13)4-12/h1-3,8,12-13H,4-5H2. The first-order chi connectivity index (χ1) is 6.61. The molecule has 1 aromatic rings. The number of benzene rings is 1. The maximum absolute atomic E-state index is 12.8. The van der Waals surface area contributed by atoms with Crippen molar-refractivity contribution in [2.24, 2.45) is 0 Å². The van der Waals surface area contributed by atoms with E-state index in [1.54, 1.807) is 6.07 Å². The van der Waals surface area contributed by atoms with Gasteiger partial charge in [-0.25, -0.2) is 4.39 Å². The van der Waals surface area contributed by atoms with Crippen LogP contribution < -0.4 is 4.74 Å². The Kier molecular flexibility index (Phi) is 4.31. The molecule has 5 heteroatoms. The van der Waals surface area contributed by atoms with E-state index in [1.807, 2.05) is 0 Å². The van der Waals surface area contributed by atoms with Gasteiger partial charge in [0.2, 0.25) is 0 Å². The van der Waals surface area contributed by atoms with Crippen LogP contribution in [0.25, 0.3) is 0 Å². The van der Waals surface area contributed by atoms with Crippen LogP contribution in [0.15, 0.2) is 22.7 Å². The predicted octanol–water partition coefficient (Wildman–Crippen LogP) is 1.32. The average molecular weight is 265 g/mol. The van der Waals surface area contributed by atoms with Gasteiger partial charge in [0.05, 0.1) is 6.61 Å². The third-order valence-corrected chi connectivity index (χ3v) is 1.95. The van der Waals surface area contributed by atoms with E-state index in [2.05, 4.69) is 15.9 Å². The summed E-state index contributed by atoms with van der Waals surface area (Å²) in [7, 11) is 0. The lowest BCUT2D eigenvalue weighted by Crippen LogP contribution is -2.21. The Hall–Kier alpha value is -0.650. The quantitative estimate of drug-likeness (QED) is 0.863. The summed E-state index contributed by atoms with van der Waals surface area (Å²) in [5, 5.41) is 17.5. The zero-order valence-corrected chi connectivity index (χ0v) is 8.87. The molecule has 0 fully saturated rings. The Morgan fingerprint density at radius 3 is 2.71 bits per heavy atom. The summed E-state index contributed by atoms with van der Waals surface area (Å²) in [4.78, 5) is 0. The van der Waals surface area contributed by atoms with Crippen molar-refractivity contribution < 1.29 is 19.3 Å².